The summed E-state index contributed by atoms with van der Waals surface area (Å²) in [4.78, 5) is 11.2. The summed E-state index contributed by atoms with van der Waals surface area (Å²) in [6, 6.07) is 5.29. The molecule has 0 aliphatic carbocycles. The Kier molecular flexibility index (Phi) is 4.39. The van der Waals surface area contributed by atoms with Gasteiger partial charge in [0.2, 0.25) is 8.32 Å². The summed E-state index contributed by atoms with van der Waals surface area (Å²) in [6.07, 6.45) is -4.87. The van der Waals surface area contributed by atoms with Gasteiger partial charge in [-0.15, -0.1) is 0 Å². The number of rotatable bonds is 3. The Morgan fingerprint density at radius 1 is 1.15 bits per heavy atom. The van der Waals surface area contributed by atoms with Gasteiger partial charge in [0.25, 0.3) is 5.78 Å². The maximum atomic E-state index is 12.4. The van der Waals surface area contributed by atoms with E-state index in [1.54, 1.807) is 6.07 Å². The monoisotopic (exact) mass is 304 g/mol. The van der Waals surface area contributed by atoms with Crippen LogP contribution >= 0.6 is 0 Å². The van der Waals surface area contributed by atoms with Crippen LogP contribution in [0.2, 0.25) is 18.1 Å². The third kappa shape index (κ3) is 3.85. The first-order valence-corrected chi connectivity index (χ1v) is 9.16. The minimum Gasteiger partial charge on any atom is -0.543 e. The van der Waals surface area contributed by atoms with Crippen molar-refractivity contribution >= 4 is 14.1 Å². The van der Waals surface area contributed by atoms with Crippen molar-refractivity contribution in [1.29, 1.82) is 0 Å². The van der Waals surface area contributed by atoms with Gasteiger partial charge in [0.15, 0.2) is 0 Å². The smallest absolute Gasteiger partial charge is 0.454 e. The Hall–Kier alpha value is -1.30. The van der Waals surface area contributed by atoms with Crippen LogP contribution in [0, 0.1) is 0 Å². The van der Waals surface area contributed by atoms with E-state index >= 15 is 0 Å². The second-order valence-corrected chi connectivity index (χ2v) is 10.9. The molecule has 0 fully saturated rings. The molecule has 0 aliphatic heterocycles. The molecule has 112 valence electrons. The van der Waals surface area contributed by atoms with Crippen LogP contribution in [0.5, 0.6) is 5.75 Å². The number of hydrogen-bond donors (Lipinski definition) is 0. The highest BCUT2D eigenvalue weighted by Crippen LogP contribution is 2.37. The van der Waals surface area contributed by atoms with Gasteiger partial charge in [0.05, 0.1) is 0 Å². The number of hydrogen-bond acceptors (Lipinski definition) is 2. The van der Waals surface area contributed by atoms with Crippen LogP contribution in [0.3, 0.4) is 0 Å². The van der Waals surface area contributed by atoms with Gasteiger partial charge in [-0.3, -0.25) is 4.79 Å². The predicted octanol–water partition coefficient (Wildman–Crippen LogP) is 4.82. The average Bonchev–Trinajstić information content (AvgIpc) is 2.25. The molecule has 1 aromatic rings. The zero-order valence-electron chi connectivity index (χ0n) is 12.3. The maximum absolute atomic E-state index is 12.4. The van der Waals surface area contributed by atoms with E-state index in [1.165, 1.54) is 6.07 Å². The molecule has 0 spiro atoms. The van der Waals surface area contributed by atoms with E-state index in [2.05, 4.69) is 0 Å². The molecule has 0 unspecified atom stereocenters. The Balaban J connectivity index is 3.04. The third-order valence-electron chi connectivity index (χ3n) is 3.53. The molecule has 2 nitrogen and oxygen atoms in total. The maximum Gasteiger partial charge on any atom is 0.454 e. The Morgan fingerprint density at radius 2 is 1.70 bits per heavy atom. The molecule has 0 bridgehead atoms. The van der Waals surface area contributed by atoms with Crippen LogP contribution in [-0.2, 0) is 0 Å². The summed E-state index contributed by atoms with van der Waals surface area (Å²) in [5, 5.41) is -0.0724. The number of halogens is 3. The Labute approximate surface area is 118 Å². The lowest BCUT2D eigenvalue weighted by molar-refractivity contribution is -0.0885. The van der Waals surface area contributed by atoms with Crippen molar-refractivity contribution in [2.45, 2.75) is 45.1 Å². The molecule has 0 aromatic heterocycles. The first-order chi connectivity index (χ1) is 8.84. The molecule has 1 rings (SSSR count). The minimum atomic E-state index is -4.87. The van der Waals surface area contributed by atoms with Gasteiger partial charge in [0, 0.05) is 5.56 Å². The van der Waals surface area contributed by atoms with Gasteiger partial charge in [0.1, 0.15) is 5.75 Å². The van der Waals surface area contributed by atoms with E-state index in [1.807, 2.05) is 33.9 Å². The highest BCUT2D eigenvalue weighted by atomic mass is 28.4. The number of ketones is 1. The van der Waals surface area contributed by atoms with E-state index in [0.717, 1.165) is 12.1 Å². The van der Waals surface area contributed by atoms with Crippen molar-refractivity contribution in [2.24, 2.45) is 0 Å². The fourth-order valence-electron chi connectivity index (χ4n) is 1.31. The first kappa shape index (κ1) is 16.8. The summed E-state index contributed by atoms with van der Waals surface area (Å²) in [7, 11) is -2.14. The Bertz CT molecular complexity index is 502. The standard InChI is InChI=1S/C14H19F3O2Si/c1-13(2,3)20(4,5)19-11-8-6-7-10(9-11)12(18)14(15,16)17/h6-9H,1-5H3. The van der Waals surface area contributed by atoms with Crippen molar-refractivity contribution in [1.82, 2.24) is 0 Å². The first-order valence-electron chi connectivity index (χ1n) is 6.25. The fourth-order valence-corrected chi connectivity index (χ4v) is 2.33. The van der Waals surface area contributed by atoms with Crippen molar-refractivity contribution in [3.05, 3.63) is 29.8 Å². The highest BCUT2D eigenvalue weighted by molar-refractivity contribution is 6.74. The lowest BCUT2D eigenvalue weighted by atomic mass is 10.1. The largest absolute Gasteiger partial charge is 0.543 e. The molecule has 0 atom stereocenters. The Morgan fingerprint density at radius 3 is 2.15 bits per heavy atom. The summed E-state index contributed by atoms with van der Waals surface area (Å²) in [6.45, 7) is 10.1. The molecule has 6 heteroatoms. The second kappa shape index (κ2) is 5.24. The molecule has 0 radical (unpaired) electrons. The number of Topliss-reactive ketones (excluding diaryl/α,β-unsaturated/α-hetero) is 1. The molecule has 0 saturated carbocycles. The summed E-state index contributed by atoms with van der Waals surface area (Å²) >= 11 is 0. The van der Waals surface area contributed by atoms with Crippen LogP contribution in [0.1, 0.15) is 31.1 Å². The lowest BCUT2D eigenvalue weighted by Crippen LogP contribution is -2.43. The lowest BCUT2D eigenvalue weighted by Gasteiger charge is -2.36. The molecule has 0 aliphatic rings. The topological polar surface area (TPSA) is 26.3 Å². The van der Waals surface area contributed by atoms with Crippen LogP contribution in [0.4, 0.5) is 13.2 Å². The van der Waals surface area contributed by atoms with E-state index in [0.29, 0.717) is 5.75 Å². The van der Waals surface area contributed by atoms with Crippen LogP contribution in [-0.4, -0.2) is 20.3 Å². The average molecular weight is 304 g/mol. The summed E-state index contributed by atoms with van der Waals surface area (Å²) < 4.78 is 43.1. The van der Waals surface area contributed by atoms with E-state index in [4.69, 9.17) is 4.43 Å². The molecule has 0 heterocycles. The van der Waals surface area contributed by atoms with Gasteiger partial charge in [-0.2, -0.15) is 13.2 Å². The minimum absolute atomic E-state index is 0.0724. The van der Waals surface area contributed by atoms with Crippen LogP contribution in [0.15, 0.2) is 24.3 Å². The van der Waals surface area contributed by atoms with Gasteiger partial charge in [-0.05, 0) is 30.3 Å². The molecular formula is C14H19F3O2Si. The molecule has 20 heavy (non-hydrogen) atoms. The normalized spacial score (nSPS) is 13.2. The number of benzene rings is 1. The van der Waals surface area contributed by atoms with E-state index in [9.17, 15) is 18.0 Å². The quantitative estimate of drug-likeness (QED) is 0.591. The molecule has 0 N–H and O–H groups in total. The molecule has 0 saturated heterocycles. The second-order valence-electron chi connectivity index (χ2n) is 6.22. The summed E-state index contributed by atoms with van der Waals surface area (Å²) in [5.74, 6) is -1.54. The van der Waals surface area contributed by atoms with Crippen molar-refractivity contribution in [2.75, 3.05) is 0 Å². The molecular weight excluding hydrogens is 285 g/mol. The van der Waals surface area contributed by atoms with Gasteiger partial charge < -0.3 is 4.43 Å². The zero-order valence-corrected chi connectivity index (χ0v) is 13.3. The number of alkyl halides is 3. The fraction of sp³-hybridized carbons (Fsp3) is 0.500. The highest BCUT2D eigenvalue weighted by Gasteiger charge is 2.41. The van der Waals surface area contributed by atoms with E-state index < -0.39 is 25.8 Å². The predicted molar refractivity (Wildman–Crippen MR) is 74.7 cm³/mol. The van der Waals surface area contributed by atoms with Crippen LogP contribution < -0.4 is 4.43 Å². The molecule has 0 amide bonds. The summed E-state index contributed by atoms with van der Waals surface area (Å²) in [5.41, 5.74) is -0.395. The molecule has 1 aromatic carbocycles. The van der Waals surface area contributed by atoms with Gasteiger partial charge in [-0.25, -0.2) is 0 Å². The number of carbonyl (C=O) groups is 1. The van der Waals surface area contributed by atoms with Crippen LogP contribution in [0.25, 0.3) is 0 Å². The van der Waals surface area contributed by atoms with Crippen molar-refractivity contribution in [3.8, 4) is 5.75 Å². The van der Waals surface area contributed by atoms with Crippen molar-refractivity contribution in [3.63, 3.8) is 0 Å². The zero-order chi connectivity index (χ0) is 15.8. The van der Waals surface area contributed by atoms with E-state index in [-0.39, 0.29) is 5.04 Å². The van der Waals surface area contributed by atoms with Gasteiger partial charge >= 0.3 is 6.18 Å². The number of carbonyl (C=O) groups excluding carboxylic acids is 1. The SMILES string of the molecule is CC(C)(C)[Si](C)(C)Oc1cccc(C(=O)C(F)(F)F)c1. The third-order valence-corrected chi connectivity index (χ3v) is 7.89. The van der Waals surface area contributed by atoms with Gasteiger partial charge in [-0.1, -0.05) is 32.9 Å². The van der Waals surface area contributed by atoms with Crippen molar-refractivity contribution < 1.29 is 22.4 Å².